The number of nitrogens with one attached hydrogen (secondary N) is 2. The van der Waals surface area contributed by atoms with Crippen molar-refractivity contribution in [1.82, 2.24) is 15.5 Å². The lowest BCUT2D eigenvalue weighted by atomic mass is 9.73. The molecule has 2 fully saturated rings. The van der Waals surface area contributed by atoms with Gasteiger partial charge in [-0.3, -0.25) is 24.6 Å². The normalized spacial score (nSPS) is 26.1. The van der Waals surface area contributed by atoms with Crippen LogP contribution in [0.5, 0.6) is 0 Å². The molecule has 2 rings (SSSR count). The van der Waals surface area contributed by atoms with E-state index in [1.54, 1.807) is 13.8 Å². The lowest BCUT2D eigenvalue weighted by Gasteiger charge is -2.36. The van der Waals surface area contributed by atoms with Crippen molar-refractivity contribution < 1.29 is 28.7 Å². The lowest BCUT2D eigenvalue weighted by molar-refractivity contribution is -0.160. The van der Waals surface area contributed by atoms with E-state index >= 15 is 0 Å². The number of primary amides is 1. The molecule has 0 aromatic carbocycles. The van der Waals surface area contributed by atoms with Gasteiger partial charge >= 0.3 is 18.0 Å². The fourth-order valence-electron chi connectivity index (χ4n) is 3.63. The zero-order valence-corrected chi connectivity index (χ0v) is 15.7. The molecule has 4 N–H and O–H groups in total. The molecule has 10 nitrogen and oxygen atoms in total. The predicted molar refractivity (Wildman–Crippen MR) is 93.1 cm³/mol. The van der Waals surface area contributed by atoms with E-state index in [9.17, 15) is 24.0 Å². The van der Waals surface area contributed by atoms with Crippen LogP contribution in [0.25, 0.3) is 0 Å². The van der Waals surface area contributed by atoms with Crippen LogP contribution >= 0.6 is 0 Å². The number of esters is 1. The van der Waals surface area contributed by atoms with E-state index in [-0.39, 0.29) is 5.92 Å². The van der Waals surface area contributed by atoms with Crippen molar-refractivity contribution in [3.05, 3.63) is 0 Å². The van der Waals surface area contributed by atoms with Crippen LogP contribution in [0.2, 0.25) is 0 Å². The van der Waals surface area contributed by atoms with Crippen molar-refractivity contribution in [3.8, 4) is 0 Å². The van der Waals surface area contributed by atoms with Gasteiger partial charge in [-0.1, -0.05) is 33.6 Å². The monoisotopic (exact) mass is 382 g/mol. The van der Waals surface area contributed by atoms with Crippen molar-refractivity contribution in [2.75, 3.05) is 6.54 Å². The van der Waals surface area contributed by atoms with Crippen molar-refractivity contribution in [1.29, 1.82) is 0 Å². The summed E-state index contributed by atoms with van der Waals surface area (Å²) in [6, 6.07) is -1.71. The van der Waals surface area contributed by atoms with Gasteiger partial charge in [0.1, 0.15) is 12.1 Å². The highest BCUT2D eigenvalue weighted by atomic mass is 16.5. The second kappa shape index (κ2) is 7.93. The van der Waals surface area contributed by atoms with Crippen molar-refractivity contribution >= 4 is 29.8 Å². The van der Waals surface area contributed by atoms with Crippen molar-refractivity contribution in [2.45, 2.75) is 58.1 Å². The number of amides is 6. The van der Waals surface area contributed by atoms with Gasteiger partial charge in [-0.25, -0.2) is 9.59 Å². The van der Waals surface area contributed by atoms with E-state index in [4.69, 9.17) is 10.5 Å². The minimum absolute atomic E-state index is 0.0338. The molecule has 10 heteroatoms. The molecule has 3 atom stereocenters. The van der Waals surface area contributed by atoms with Crippen LogP contribution < -0.4 is 16.4 Å². The first kappa shape index (κ1) is 20.7. The van der Waals surface area contributed by atoms with Gasteiger partial charge in [0.2, 0.25) is 0 Å². The van der Waals surface area contributed by atoms with E-state index in [2.05, 4.69) is 5.32 Å². The first-order chi connectivity index (χ1) is 12.6. The van der Waals surface area contributed by atoms with E-state index in [1.165, 1.54) is 0 Å². The van der Waals surface area contributed by atoms with Gasteiger partial charge in [0.15, 0.2) is 6.10 Å². The standard InChI is InChI=1S/C17H26N4O6/c1-9(2)12(13(23)19-15(18)25)27-11(22)8-21-14(24)17(20-16(21)26)7-5-4-6-10(17)3/h9-10,12H,4-8H2,1-3H3,(H,20,26)(H3,18,19,23,25). The molecule has 0 aromatic heterocycles. The SMILES string of the molecule is CC(C)C(OC(=O)CN1C(=O)NC2(CCCCC2C)C1=O)C(=O)NC(N)=O. The third kappa shape index (κ3) is 4.20. The Bertz CT molecular complexity index is 664. The van der Waals surface area contributed by atoms with E-state index in [0.717, 1.165) is 24.2 Å². The van der Waals surface area contributed by atoms with E-state index in [0.29, 0.717) is 6.42 Å². The molecule has 3 unspecified atom stereocenters. The molecule has 1 spiro atoms. The Balaban J connectivity index is 2.06. The summed E-state index contributed by atoms with van der Waals surface area (Å²) in [5.74, 6) is -2.70. The lowest BCUT2D eigenvalue weighted by Crippen LogP contribution is -2.54. The molecule has 150 valence electrons. The third-order valence-corrected chi connectivity index (χ3v) is 5.16. The van der Waals surface area contributed by atoms with Crippen LogP contribution in [0.1, 0.15) is 46.5 Å². The maximum absolute atomic E-state index is 12.8. The number of carbonyl (C=O) groups is 5. The molecule has 0 radical (unpaired) electrons. The topological polar surface area (TPSA) is 148 Å². The van der Waals surface area contributed by atoms with Gasteiger partial charge in [0, 0.05) is 0 Å². The second-order valence-corrected chi connectivity index (χ2v) is 7.45. The summed E-state index contributed by atoms with van der Waals surface area (Å²) in [6.45, 7) is 4.53. The molecule has 2 aliphatic rings. The Labute approximate surface area is 157 Å². The van der Waals surface area contributed by atoms with Crippen molar-refractivity contribution in [2.24, 2.45) is 17.6 Å². The van der Waals surface area contributed by atoms with Crippen LogP contribution in [0.15, 0.2) is 0 Å². The van der Waals surface area contributed by atoms with Gasteiger partial charge in [-0.05, 0) is 24.7 Å². The number of nitrogens with zero attached hydrogens (tertiary/aromatic N) is 1. The Morgan fingerprint density at radius 2 is 2.00 bits per heavy atom. The van der Waals surface area contributed by atoms with Crippen LogP contribution in [-0.2, 0) is 19.1 Å². The zero-order valence-electron chi connectivity index (χ0n) is 15.7. The predicted octanol–water partition coefficient (Wildman–Crippen LogP) is 0.250. The molecule has 1 saturated carbocycles. The van der Waals surface area contributed by atoms with Gasteiger partial charge in [-0.2, -0.15) is 0 Å². The van der Waals surface area contributed by atoms with Gasteiger partial charge < -0.3 is 15.8 Å². The van der Waals surface area contributed by atoms with Gasteiger partial charge in [0.05, 0.1) is 0 Å². The first-order valence-corrected chi connectivity index (χ1v) is 9.02. The molecular formula is C17H26N4O6. The number of hydrogen-bond acceptors (Lipinski definition) is 6. The van der Waals surface area contributed by atoms with Crippen LogP contribution in [0.4, 0.5) is 9.59 Å². The fourth-order valence-corrected chi connectivity index (χ4v) is 3.63. The fraction of sp³-hybridized carbons (Fsp3) is 0.706. The highest BCUT2D eigenvalue weighted by molar-refractivity contribution is 6.09. The molecule has 6 amide bonds. The zero-order chi connectivity index (χ0) is 20.4. The van der Waals surface area contributed by atoms with Crippen LogP contribution in [-0.4, -0.2) is 52.9 Å². The smallest absolute Gasteiger partial charge is 0.327 e. The summed E-state index contributed by atoms with van der Waals surface area (Å²) < 4.78 is 5.10. The number of nitrogens with two attached hydrogens (primary N) is 1. The molecule has 1 saturated heterocycles. The quantitative estimate of drug-likeness (QED) is 0.458. The number of rotatable bonds is 5. The summed E-state index contributed by atoms with van der Waals surface area (Å²) in [5, 5.41) is 4.59. The number of urea groups is 2. The molecule has 27 heavy (non-hydrogen) atoms. The molecule has 1 aliphatic heterocycles. The minimum atomic E-state index is -1.27. The van der Waals surface area contributed by atoms with E-state index in [1.807, 2.05) is 12.2 Å². The summed E-state index contributed by atoms with van der Waals surface area (Å²) in [7, 11) is 0. The van der Waals surface area contributed by atoms with Crippen LogP contribution in [0, 0.1) is 11.8 Å². The Kier molecular flexibility index (Phi) is 6.07. The Morgan fingerprint density at radius 1 is 1.33 bits per heavy atom. The number of carbonyl (C=O) groups excluding carboxylic acids is 5. The van der Waals surface area contributed by atoms with Gasteiger partial charge in [-0.15, -0.1) is 0 Å². The summed E-state index contributed by atoms with van der Waals surface area (Å²) in [4.78, 5) is 61.0. The highest BCUT2D eigenvalue weighted by Crippen LogP contribution is 2.38. The number of ether oxygens (including phenoxy) is 1. The Hall–Kier alpha value is -2.65. The second-order valence-electron chi connectivity index (χ2n) is 7.45. The summed E-state index contributed by atoms with van der Waals surface area (Å²) >= 11 is 0. The first-order valence-electron chi connectivity index (χ1n) is 9.02. The van der Waals surface area contributed by atoms with E-state index < -0.39 is 54.0 Å². The summed E-state index contributed by atoms with van der Waals surface area (Å²) in [5.41, 5.74) is 3.93. The molecular weight excluding hydrogens is 356 g/mol. The molecule has 0 aromatic rings. The van der Waals surface area contributed by atoms with Crippen LogP contribution in [0.3, 0.4) is 0 Å². The van der Waals surface area contributed by atoms with Crippen molar-refractivity contribution in [3.63, 3.8) is 0 Å². The molecule has 1 heterocycles. The average molecular weight is 382 g/mol. The number of hydrogen-bond donors (Lipinski definition) is 3. The minimum Gasteiger partial charge on any atom is -0.451 e. The number of imide groups is 2. The Morgan fingerprint density at radius 3 is 2.56 bits per heavy atom. The third-order valence-electron chi connectivity index (χ3n) is 5.16. The van der Waals surface area contributed by atoms with Gasteiger partial charge in [0.25, 0.3) is 11.8 Å². The maximum atomic E-state index is 12.8. The largest absolute Gasteiger partial charge is 0.451 e. The highest BCUT2D eigenvalue weighted by Gasteiger charge is 2.55. The molecule has 0 bridgehead atoms. The average Bonchev–Trinajstić information content (AvgIpc) is 2.79. The maximum Gasteiger partial charge on any atom is 0.327 e. The molecule has 1 aliphatic carbocycles. The summed E-state index contributed by atoms with van der Waals surface area (Å²) in [6.07, 6.45) is 1.87.